The van der Waals surface area contributed by atoms with Crippen molar-refractivity contribution in [2.45, 2.75) is 71.1 Å². The first-order chi connectivity index (χ1) is 8.43. The van der Waals surface area contributed by atoms with Crippen LogP contribution in [0.3, 0.4) is 0 Å². The van der Waals surface area contributed by atoms with Crippen molar-refractivity contribution in [3.05, 3.63) is 12.2 Å². The van der Waals surface area contributed by atoms with E-state index in [0.717, 1.165) is 19.1 Å². The molecule has 1 aliphatic carbocycles. The lowest BCUT2D eigenvalue weighted by Crippen LogP contribution is -2.07. The van der Waals surface area contributed by atoms with Crippen molar-refractivity contribution < 1.29 is 4.74 Å². The van der Waals surface area contributed by atoms with Crippen LogP contribution in [0.4, 0.5) is 0 Å². The minimum atomic E-state index is 0.961. The lowest BCUT2D eigenvalue weighted by atomic mass is 9.86. The van der Waals surface area contributed by atoms with Crippen LogP contribution in [-0.4, -0.2) is 13.2 Å². The highest BCUT2D eigenvalue weighted by molar-refractivity contribution is 4.76. The largest absolute Gasteiger partial charge is 0.381 e. The van der Waals surface area contributed by atoms with E-state index >= 15 is 0 Å². The van der Waals surface area contributed by atoms with E-state index < -0.39 is 0 Å². The molecule has 0 spiro atoms. The molecule has 1 rings (SSSR count). The van der Waals surface area contributed by atoms with E-state index in [9.17, 15) is 0 Å². The summed E-state index contributed by atoms with van der Waals surface area (Å²) in [5.41, 5.74) is 0. The van der Waals surface area contributed by atoms with Crippen LogP contribution >= 0.6 is 0 Å². The van der Waals surface area contributed by atoms with E-state index in [1.54, 1.807) is 0 Å². The third-order valence-corrected chi connectivity index (χ3v) is 3.77. The van der Waals surface area contributed by atoms with Gasteiger partial charge < -0.3 is 4.74 Å². The molecule has 1 aliphatic rings. The molecule has 0 N–H and O–H groups in total. The van der Waals surface area contributed by atoms with E-state index in [4.69, 9.17) is 4.74 Å². The summed E-state index contributed by atoms with van der Waals surface area (Å²) in [6.45, 7) is 4.03. The van der Waals surface area contributed by atoms with Gasteiger partial charge in [0.25, 0.3) is 0 Å². The average Bonchev–Trinajstić information content (AvgIpc) is 2.38. The third kappa shape index (κ3) is 8.43. The zero-order valence-electron chi connectivity index (χ0n) is 11.6. The second kappa shape index (κ2) is 10.8. The van der Waals surface area contributed by atoms with Crippen molar-refractivity contribution in [3.63, 3.8) is 0 Å². The van der Waals surface area contributed by atoms with Gasteiger partial charge in [0.15, 0.2) is 0 Å². The van der Waals surface area contributed by atoms with Crippen molar-refractivity contribution in [3.8, 4) is 0 Å². The van der Waals surface area contributed by atoms with E-state index in [2.05, 4.69) is 19.1 Å². The lowest BCUT2D eigenvalue weighted by molar-refractivity contribution is 0.121. The first-order valence-corrected chi connectivity index (χ1v) is 7.62. The fourth-order valence-electron chi connectivity index (χ4n) is 2.68. The highest BCUT2D eigenvalue weighted by atomic mass is 16.5. The third-order valence-electron chi connectivity index (χ3n) is 3.77. The monoisotopic (exact) mass is 238 g/mol. The smallest absolute Gasteiger partial charge is 0.0466 e. The van der Waals surface area contributed by atoms with Crippen LogP contribution in [0.2, 0.25) is 0 Å². The SMILES string of the molecule is CC=CCCCCOCCCC1CCCCC1. The van der Waals surface area contributed by atoms with Crippen LogP contribution in [0.1, 0.15) is 71.1 Å². The average molecular weight is 238 g/mol. The number of ether oxygens (including phenoxy) is 1. The molecular weight excluding hydrogens is 208 g/mol. The Balaban J connectivity index is 1.77. The molecule has 0 aromatic carbocycles. The van der Waals surface area contributed by atoms with E-state index in [1.165, 1.54) is 64.2 Å². The van der Waals surface area contributed by atoms with Gasteiger partial charge in [-0.25, -0.2) is 0 Å². The maximum atomic E-state index is 5.68. The normalized spacial score (nSPS) is 17.9. The van der Waals surface area contributed by atoms with Gasteiger partial charge in [-0.2, -0.15) is 0 Å². The van der Waals surface area contributed by atoms with Crippen LogP contribution in [0.5, 0.6) is 0 Å². The predicted octanol–water partition coefficient (Wildman–Crippen LogP) is 5.11. The van der Waals surface area contributed by atoms with Crippen molar-refractivity contribution in [1.29, 1.82) is 0 Å². The summed E-state index contributed by atoms with van der Waals surface area (Å²) >= 11 is 0. The molecule has 100 valence electrons. The zero-order chi connectivity index (χ0) is 12.2. The van der Waals surface area contributed by atoms with Gasteiger partial charge in [-0.15, -0.1) is 0 Å². The Morgan fingerprint density at radius 2 is 1.76 bits per heavy atom. The quantitative estimate of drug-likeness (QED) is 0.400. The molecule has 0 unspecified atom stereocenters. The summed E-state index contributed by atoms with van der Waals surface area (Å²) in [6, 6.07) is 0. The molecule has 0 saturated heterocycles. The Morgan fingerprint density at radius 3 is 2.53 bits per heavy atom. The first kappa shape index (κ1) is 14.8. The van der Waals surface area contributed by atoms with Crippen molar-refractivity contribution in [2.75, 3.05) is 13.2 Å². The number of unbranched alkanes of at least 4 members (excludes halogenated alkanes) is 2. The molecule has 0 aromatic heterocycles. The summed E-state index contributed by atoms with van der Waals surface area (Å²) in [4.78, 5) is 0. The van der Waals surface area contributed by atoms with Crippen LogP contribution in [0, 0.1) is 5.92 Å². The van der Waals surface area contributed by atoms with Crippen molar-refractivity contribution in [2.24, 2.45) is 5.92 Å². The minimum Gasteiger partial charge on any atom is -0.381 e. The molecule has 0 amide bonds. The molecule has 0 aromatic rings. The first-order valence-electron chi connectivity index (χ1n) is 7.62. The molecule has 0 atom stereocenters. The molecule has 1 fully saturated rings. The molecule has 0 bridgehead atoms. The van der Waals surface area contributed by atoms with Gasteiger partial charge in [0.2, 0.25) is 0 Å². The Morgan fingerprint density at radius 1 is 1.00 bits per heavy atom. The molecule has 17 heavy (non-hydrogen) atoms. The van der Waals surface area contributed by atoms with Gasteiger partial charge in [0, 0.05) is 13.2 Å². The van der Waals surface area contributed by atoms with Gasteiger partial charge in [-0.05, 0) is 44.9 Å². The maximum Gasteiger partial charge on any atom is 0.0466 e. The molecule has 1 heteroatoms. The van der Waals surface area contributed by atoms with Crippen LogP contribution in [0.25, 0.3) is 0 Å². The molecular formula is C16H30O. The van der Waals surface area contributed by atoms with Gasteiger partial charge >= 0.3 is 0 Å². The summed E-state index contributed by atoms with van der Waals surface area (Å²) in [6.07, 6.45) is 18.1. The van der Waals surface area contributed by atoms with Gasteiger partial charge in [-0.3, -0.25) is 0 Å². The molecule has 1 saturated carbocycles. The highest BCUT2D eigenvalue weighted by Crippen LogP contribution is 2.27. The minimum absolute atomic E-state index is 0.961. The fourth-order valence-corrected chi connectivity index (χ4v) is 2.68. The Labute approximate surface area is 108 Å². The van der Waals surface area contributed by atoms with E-state index in [1.807, 2.05) is 0 Å². The summed E-state index contributed by atoms with van der Waals surface area (Å²) < 4.78 is 5.68. The Hall–Kier alpha value is -0.300. The topological polar surface area (TPSA) is 9.23 Å². The second-order valence-corrected chi connectivity index (χ2v) is 5.32. The number of hydrogen-bond donors (Lipinski definition) is 0. The number of rotatable bonds is 9. The number of hydrogen-bond acceptors (Lipinski definition) is 1. The maximum absolute atomic E-state index is 5.68. The van der Waals surface area contributed by atoms with Crippen LogP contribution in [0.15, 0.2) is 12.2 Å². The Kier molecular flexibility index (Phi) is 9.40. The zero-order valence-corrected chi connectivity index (χ0v) is 11.6. The summed E-state index contributed by atoms with van der Waals surface area (Å²) in [5, 5.41) is 0. The van der Waals surface area contributed by atoms with Crippen molar-refractivity contribution >= 4 is 0 Å². The predicted molar refractivity (Wildman–Crippen MR) is 75.3 cm³/mol. The molecule has 0 radical (unpaired) electrons. The van der Waals surface area contributed by atoms with Crippen molar-refractivity contribution in [1.82, 2.24) is 0 Å². The Bertz CT molecular complexity index is 180. The second-order valence-electron chi connectivity index (χ2n) is 5.32. The van der Waals surface area contributed by atoms with Gasteiger partial charge in [-0.1, -0.05) is 44.3 Å². The van der Waals surface area contributed by atoms with Gasteiger partial charge in [0.1, 0.15) is 0 Å². The standard InChI is InChI=1S/C16H30O/c1-2-3-4-5-9-14-17-15-10-13-16-11-7-6-8-12-16/h2-3,16H,4-15H2,1H3. The number of allylic oxidation sites excluding steroid dienone is 2. The molecule has 0 heterocycles. The lowest BCUT2D eigenvalue weighted by Gasteiger charge is -2.21. The molecule has 0 aliphatic heterocycles. The highest BCUT2D eigenvalue weighted by Gasteiger charge is 2.12. The fraction of sp³-hybridized carbons (Fsp3) is 0.875. The van der Waals surface area contributed by atoms with E-state index in [-0.39, 0.29) is 0 Å². The summed E-state index contributed by atoms with van der Waals surface area (Å²) in [5.74, 6) is 1.02. The summed E-state index contributed by atoms with van der Waals surface area (Å²) in [7, 11) is 0. The molecule has 1 nitrogen and oxygen atoms in total. The van der Waals surface area contributed by atoms with Crippen LogP contribution < -0.4 is 0 Å². The van der Waals surface area contributed by atoms with Crippen LogP contribution in [-0.2, 0) is 4.74 Å². The van der Waals surface area contributed by atoms with Gasteiger partial charge in [0.05, 0.1) is 0 Å². The van der Waals surface area contributed by atoms with E-state index in [0.29, 0.717) is 0 Å².